The number of nitrogens with zero attached hydrogens (tertiary/aromatic N) is 1. The molecule has 0 spiro atoms. The molecule has 2 saturated heterocycles. The average molecular weight is 354 g/mol. The molecule has 2 aliphatic rings. The van der Waals surface area contributed by atoms with Gasteiger partial charge in [-0.05, 0) is 55.7 Å². The topological polar surface area (TPSA) is 29.5 Å². The summed E-state index contributed by atoms with van der Waals surface area (Å²) >= 11 is 10.4. The van der Waals surface area contributed by atoms with Crippen LogP contribution in [0.2, 0.25) is 5.02 Å². The standard InChI is InChI=1S/C18H24ClNO2S/c1-22-18(21)17-15(12-3-5-13(19)6-4-12)11-14-7-8-16(17)20(14)9-2-10-23/h3-6,14-17,23H,2,7-11H2,1H3/t14?,15-,16?,17+/m1/s1. The maximum Gasteiger partial charge on any atom is 0.310 e. The van der Waals surface area contributed by atoms with Crippen LogP contribution in [0.3, 0.4) is 0 Å². The van der Waals surface area contributed by atoms with Crippen molar-refractivity contribution in [3.05, 3.63) is 34.9 Å². The van der Waals surface area contributed by atoms with Gasteiger partial charge in [-0.25, -0.2) is 0 Å². The molecule has 5 heteroatoms. The second-order valence-electron chi connectivity index (χ2n) is 6.56. The second-order valence-corrected chi connectivity index (χ2v) is 7.44. The van der Waals surface area contributed by atoms with Crippen molar-refractivity contribution in [3.63, 3.8) is 0 Å². The van der Waals surface area contributed by atoms with Crippen molar-refractivity contribution in [2.24, 2.45) is 5.92 Å². The molecule has 0 radical (unpaired) electrons. The molecular weight excluding hydrogens is 330 g/mol. The van der Waals surface area contributed by atoms with E-state index in [2.05, 4.69) is 29.7 Å². The fourth-order valence-corrected chi connectivity index (χ4v) is 4.69. The lowest BCUT2D eigenvalue weighted by molar-refractivity contribution is -0.150. The third-order valence-electron chi connectivity index (χ3n) is 5.41. The number of hydrogen-bond donors (Lipinski definition) is 1. The molecule has 0 amide bonds. The van der Waals surface area contributed by atoms with Crippen molar-refractivity contribution in [2.75, 3.05) is 19.4 Å². The summed E-state index contributed by atoms with van der Waals surface area (Å²) in [5, 5.41) is 0.734. The fraction of sp³-hybridized carbons (Fsp3) is 0.611. The van der Waals surface area contributed by atoms with Crippen LogP contribution < -0.4 is 0 Å². The zero-order valence-corrected chi connectivity index (χ0v) is 15.1. The Bertz CT molecular complexity index is 550. The molecule has 3 rings (SSSR count). The number of benzene rings is 1. The van der Waals surface area contributed by atoms with Crippen molar-refractivity contribution in [1.29, 1.82) is 0 Å². The normalized spacial score (nSPS) is 30.4. The third kappa shape index (κ3) is 3.40. The Morgan fingerprint density at radius 1 is 1.35 bits per heavy atom. The number of fused-ring (bicyclic) bond motifs is 2. The first-order valence-electron chi connectivity index (χ1n) is 8.35. The van der Waals surface area contributed by atoms with Crippen LogP contribution in [0.5, 0.6) is 0 Å². The van der Waals surface area contributed by atoms with E-state index in [0.717, 1.165) is 36.6 Å². The quantitative estimate of drug-likeness (QED) is 0.645. The Morgan fingerprint density at radius 3 is 2.74 bits per heavy atom. The van der Waals surface area contributed by atoms with Crippen molar-refractivity contribution in [2.45, 2.75) is 43.7 Å². The minimum absolute atomic E-state index is 0.0776. The summed E-state index contributed by atoms with van der Waals surface area (Å²) < 4.78 is 5.16. The Hall–Kier alpha value is -0.710. The van der Waals surface area contributed by atoms with Crippen LogP contribution in [0, 0.1) is 5.92 Å². The van der Waals surface area contributed by atoms with Gasteiger partial charge in [0.2, 0.25) is 0 Å². The average Bonchev–Trinajstić information content (AvgIpc) is 2.84. The van der Waals surface area contributed by atoms with Crippen LogP contribution in [-0.4, -0.2) is 42.4 Å². The lowest BCUT2D eigenvalue weighted by atomic mass is 9.76. The summed E-state index contributed by atoms with van der Waals surface area (Å²) in [5.74, 6) is 0.954. The number of hydrogen-bond acceptors (Lipinski definition) is 4. The third-order valence-corrected chi connectivity index (χ3v) is 5.98. The molecule has 126 valence electrons. The molecule has 23 heavy (non-hydrogen) atoms. The van der Waals surface area contributed by atoms with Crippen LogP contribution in [0.1, 0.15) is 37.2 Å². The molecule has 2 bridgehead atoms. The number of carbonyl (C=O) groups excluding carboxylic acids is 1. The minimum Gasteiger partial charge on any atom is -0.469 e. The van der Waals surface area contributed by atoms with E-state index in [1.165, 1.54) is 19.1 Å². The van der Waals surface area contributed by atoms with Gasteiger partial charge in [-0.3, -0.25) is 9.69 Å². The van der Waals surface area contributed by atoms with E-state index in [-0.39, 0.29) is 17.8 Å². The second kappa shape index (κ2) is 7.45. The highest BCUT2D eigenvalue weighted by atomic mass is 35.5. The summed E-state index contributed by atoms with van der Waals surface area (Å²) in [6, 6.07) is 8.82. The molecule has 2 heterocycles. The van der Waals surface area contributed by atoms with E-state index >= 15 is 0 Å². The van der Waals surface area contributed by atoms with Gasteiger partial charge in [-0.15, -0.1) is 0 Å². The van der Waals surface area contributed by atoms with E-state index in [1.807, 2.05) is 12.1 Å². The van der Waals surface area contributed by atoms with E-state index in [1.54, 1.807) is 0 Å². The van der Waals surface area contributed by atoms with E-state index in [0.29, 0.717) is 12.1 Å². The van der Waals surface area contributed by atoms with Gasteiger partial charge in [-0.2, -0.15) is 12.6 Å². The Balaban J connectivity index is 1.88. The first-order chi connectivity index (χ1) is 11.2. The van der Waals surface area contributed by atoms with E-state index in [4.69, 9.17) is 16.3 Å². The molecule has 1 aromatic rings. The summed E-state index contributed by atoms with van der Waals surface area (Å²) in [6.45, 7) is 1.03. The number of esters is 1. The van der Waals surface area contributed by atoms with Crippen molar-refractivity contribution < 1.29 is 9.53 Å². The number of rotatable bonds is 5. The summed E-state index contributed by atoms with van der Waals surface area (Å²) in [4.78, 5) is 15.1. The van der Waals surface area contributed by atoms with Gasteiger partial charge in [0, 0.05) is 23.0 Å². The van der Waals surface area contributed by atoms with Crippen LogP contribution in [-0.2, 0) is 9.53 Å². The summed E-state index contributed by atoms with van der Waals surface area (Å²) in [5.41, 5.74) is 1.20. The number of piperidine rings is 1. The summed E-state index contributed by atoms with van der Waals surface area (Å²) in [7, 11) is 1.50. The van der Waals surface area contributed by atoms with Gasteiger partial charge < -0.3 is 4.74 Å². The van der Waals surface area contributed by atoms with Crippen LogP contribution in [0.4, 0.5) is 0 Å². The molecular formula is C18H24ClNO2S. The highest BCUT2D eigenvalue weighted by molar-refractivity contribution is 7.80. The number of halogens is 1. The predicted molar refractivity (Wildman–Crippen MR) is 96.3 cm³/mol. The van der Waals surface area contributed by atoms with Gasteiger partial charge >= 0.3 is 5.97 Å². The van der Waals surface area contributed by atoms with Crippen LogP contribution >= 0.6 is 24.2 Å². The van der Waals surface area contributed by atoms with Gasteiger partial charge in [0.25, 0.3) is 0 Å². The number of thiol groups is 1. The molecule has 2 unspecified atom stereocenters. The smallest absolute Gasteiger partial charge is 0.310 e. The molecule has 1 aromatic carbocycles. The Morgan fingerprint density at radius 2 is 2.09 bits per heavy atom. The molecule has 2 fully saturated rings. The first-order valence-corrected chi connectivity index (χ1v) is 9.36. The molecule has 3 nitrogen and oxygen atoms in total. The lowest BCUT2D eigenvalue weighted by Gasteiger charge is -2.43. The Labute approximate surface area is 148 Å². The highest BCUT2D eigenvalue weighted by Gasteiger charge is 2.50. The van der Waals surface area contributed by atoms with Crippen LogP contribution in [0.25, 0.3) is 0 Å². The molecule has 0 saturated carbocycles. The van der Waals surface area contributed by atoms with Gasteiger partial charge in [0.15, 0.2) is 0 Å². The summed E-state index contributed by atoms with van der Waals surface area (Å²) in [6.07, 6.45) is 4.34. The van der Waals surface area contributed by atoms with Gasteiger partial charge in [0.05, 0.1) is 13.0 Å². The van der Waals surface area contributed by atoms with Gasteiger partial charge in [0.1, 0.15) is 0 Å². The minimum atomic E-state index is -0.0835. The SMILES string of the molecule is COC(=O)[C@@H]1C2CCC(C[C@@H]1c1ccc(Cl)cc1)N2CCCS. The molecule has 0 N–H and O–H groups in total. The first kappa shape index (κ1) is 17.1. The van der Waals surface area contributed by atoms with E-state index < -0.39 is 0 Å². The maximum absolute atomic E-state index is 12.5. The van der Waals surface area contributed by atoms with E-state index in [9.17, 15) is 4.79 Å². The van der Waals surface area contributed by atoms with Crippen molar-refractivity contribution >= 4 is 30.2 Å². The molecule has 0 aromatic heterocycles. The van der Waals surface area contributed by atoms with Crippen molar-refractivity contribution in [1.82, 2.24) is 4.90 Å². The Kier molecular flexibility index (Phi) is 5.55. The molecule has 2 aliphatic heterocycles. The number of carbonyl (C=O) groups is 1. The largest absolute Gasteiger partial charge is 0.469 e. The zero-order valence-electron chi connectivity index (χ0n) is 13.5. The maximum atomic E-state index is 12.5. The highest BCUT2D eigenvalue weighted by Crippen LogP contribution is 2.47. The number of methoxy groups -OCH3 is 1. The molecule has 4 atom stereocenters. The molecule has 0 aliphatic carbocycles. The monoisotopic (exact) mass is 353 g/mol. The van der Waals surface area contributed by atoms with Crippen molar-refractivity contribution in [3.8, 4) is 0 Å². The van der Waals surface area contributed by atoms with Crippen LogP contribution in [0.15, 0.2) is 24.3 Å². The predicted octanol–water partition coefficient (Wildman–Crippen LogP) is 3.77. The van der Waals surface area contributed by atoms with Gasteiger partial charge in [-0.1, -0.05) is 23.7 Å². The fourth-order valence-electron chi connectivity index (χ4n) is 4.43. The number of ether oxygens (including phenoxy) is 1. The lowest BCUT2D eigenvalue weighted by Crippen LogP contribution is -2.51. The zero-order chi connectivity index (χ0) is 16.4.